The second-order valence-electron chi connectivity index (χ2n) is 4.46. The maximum Gasteiger partial charge on any atom is 0.253 e. The summed E-state index contributed by atoms with van der Waals surface area (Å²) in [5.41, 5.74) is 3.19. The van der Waals surface area contributed by atoms with Crippen molar-refractivity contribution in [2.24, 2.45) is 0 Å². The molecule has 0 spiro atoms. The number of hydrogen-bond acceptors (Lipinski definition) is 4. The Kier molecular flexibility index (Phi) is 3.68. The van der Waals surface area contributed by atoms with Crippen molar-refractivity contribution >= 4 is 5.91 Å². The van der Waals surface area contributed by atoms with Crippen LogP contribution in [0, 0.1) is 0 Å². The summed E-state index contributed by atoms with van der Waals surface area (Å²) in [5, 5.41) is 9.44. The van der Waals surface area contributed by atoms with E-state index in [0.29, 0.717) is 12.1 Å². The number of nitrogens with zero attached hydrogens (tertiary/aromatic N) is 3. The molecule has 0 saturated heterocycles. The summed E-state index contributed by atoms with van der Waals surface area (Å²) in [4.78, 5) is 20.2. The second-order valence-corrected chi connectivity index (χ2v) is 4.46. The van der Waals surface area contributed by atoms with Gasteiger partial charge in [0.2, 0.25) is 0 Å². The molecule has 3 aromatic rings. The van der Waals surface area contributed by atoms with Gasteiger partial charge in [-0.1, -0.05) is 0 Å². The lowest BCUT2D eigenvalue weighted by atomic mass is 10.2. The van der Waals surface area contributed by atoms with Gasteiger partial charge in [-0.3, -0.25) is 19.9 Å². The highest BCUT2D eigenvalue weighted by Gasteiger charge is 2.07. The fourth-order valence-electron chi connectivity index (χ4n) is 1.87. The van der Waals surface area contributed by atoms with Gasteiger partial charge in [-0.2, -0.15) is 5.10 Å². The van der Waals surface area contributed by atoms with Crippen LogP contribution in [0.4, 0.5) is 0 Å². The van der Waals surface area contributed by atoms with Gasteiger partial charge in [0.15, 0.2) is 0 Å². The molecule has 0 saturated carbocycles. The quantitative estimate of drug-likeness (QED) is 0.762. The lowest BCUT2D eigenvalue weighted by molar-refractivity contribution is 0.0950. The van der Waals surface area contributed by atoms with Crippen molar-refractivity contribution in [1.29, 1.82) is 0 Å². The first-order chi connectivity index (χ1) is 10.3. The molecule has 0 fully saturated rings. The molecule has 3 heterocycles. The number of aromatic nitrogens is 4. The zero-order chi connectivity index (χ0) is 14.5. The Bertz CT molecular complexity index is 708. The van der Waals surface area contributed by atoms with Crippen LogP contribution in [0.5, 0.6) is 0 Å². The molecule has 0 radical (unpaired) electrons. The van der Waals surface area contributed by atoms with E-state index in [1.54, 1.807) is 43.1 Å². The van der Waals surface area contributed by atoms with Gasteiger partial charge in [0, 0.05) is 36.9 Å². The van der Waals surface area contributed by atoms with Crippen LogP contribution >= 0.6 is 0 Å². The highest BCUT2D eigenvalue weighted by atomic mass is 16.1. The molecule has 2 N–H and O–H groups in total. The molecule has 0 unspecified atom stereocenters. The molecular formula is C15H13N5O. The molecule has 1 amide bonds. The Hall–Kier alpha value is -3.02. The van der Waals surface area contributed by atoms with Gasteiger partial charge >= 0.3 is 0 Å². The molecule has 0 bridgehead atoms. The molecule has 21 heavy (non-hydrogen) atoms. The Morgan fingerprint density at radius 2 is 2.00 bits per heavy atom. The predicted octanol–water partition coefficient (Wildman–Crippen LogP) is 1.80. The number of H-pyrrole nitrogens is 1. The fraction of sp³-hybridized carbons (Fsp3) is 0.0667. The van der Waals surface area contributed by atoms with Crippen LogP contribution in [-0.4, -0.2) is 26.1 Å². The van der Waals surface area contributed by atoms with E-state index in [1.807, 2.05) is 12.1 Å². The molecule has 6 nitrogen and oxygen atoms in total. The summed E-state index contributed by atoms with van der Waals surface area (Å²) >= 11 is 0. The van der Waals surface area contributed by atoms with Crippen molar-refractivity contribution in [2.75, 3.05) is 0 Å². The fourth-order valence-corrected chi connectivity index (χ4v) is 1.87. The lowest BCUT2D eigenvalue weighted by Crippen LogP contribution is -2.22. The van der Waals surface area contributed by atoms with Crippen molar-refractivity contribution in [2.45, 2.75) is 6.54 Å². The van der Waals surface area contributed by atoms with Crippen molar-refractivity contribution in [3.8, 4) is 11.3 Å². The van der Waals surface area contributed by atoms with Crippen LogP contribution in [0.1, 0.15) is 15.9 Å². The van der Waals surface area contributed by atoms with Crippen molar-refractivity contribution in [3.05, 3.63) is 66.4 Å². The summed E-state index contributed by atoms with van der Waals surface area (Å²) in [6.45, 7) is 0.463. The van der Waals surface area contributed by atoms with Gasteiger partial charge in [0.1, 0.15) is 0 Å². The zero-order valence-corrected chi connectivity index (χ0v) is 11.2. The second kappa shape index (κ2) is 5.96. The van der Waals surface area contributed by atoms with E-state index in [4.69, 9.17) is 0 Å². The lowest BCUT2D eigenvalue weighted by Gasteiger charge is -2.05. The molecule has 104 valence electrons. The highest BCUT2D eigenvalue weighted by molar-refractivity contribution is 5.94. The molecule has 0 aliphatic carbocycles. The predicted molar refractivity (Wildman–Crippen MR) is 77.2 cm³/mol. The number of rotatable bonds is 4. The largest absolute Gasteiger partial charge is 0.348 e. The van der Waals surface area contributed by atoms with Gasteiger partial charge in [-0.05, 0) is 29.8 Å². The third-order valence-electron chi connectivity index (χ3n) is 3.02. The number of aromatic amines is 1. The molecule has 0 aliphatic rings. The zero-order valence-electron chi connectivity index (χ0n) is 11.2. The molecule has 0 aromatic carbocycles. The molecule has 0 aliphatic heterocycles. The molecule has 6 heteroatoms. The number of pyridine rings is 2. The van der Waals surface area contributed by atoms with Crippen LogP contribution in [0.15, 0.2) is 55.2 Å². The van der Waals surface area contributed by atoms with E-state index < -0.39 is 0 Å². The van der Waals surface area contributed by atoms with Crippen molar-refractivity contribution < 1.29 is 4.79 Å². The molecule has 3 aromatic heterocycles. The summed E-state index contributed by atoms with van der Waals surface area (Å²) in [6.07, 6.45) is 8.40. The molecular weight excluding hydrogens is 266 g/mol. The Balaban J connectivity index is 1.65. The Morgan fingerprint density at radius 3 is 2.67 bits per heavy atom. The van der Waals surface area contributed by atoms with Gasteiger partial charge in [-0.15, -0.1) is 0 Å². The van der Waals surface area contributed by atoms with E-state index in [1.165, 1.54) is 0 Å². The van der Waals surface area contributed by atoms with Gasteiger partial charge in [0.25, 0.3) is 5.91 Å². The van der Waals surface area contributed by atoms with Crippen LogP contribution in [-0.2, 0) is 6.54 Å². The molecule has 3 rings (SSSR count). The normalized spacial score (nSPS) is 10.3. The third-order valence-corrected chi connectivity index (χ3v) is 3.02. The van der Waals surface area contributed by atoms with Crippen molar-refractivity contribution in [1.82, 2.24) is 25.5 Å². The first kappa shape index (κ1) is 13.0. The smallest absolute Gasteiger partial charge is 0.253 e. The van der Waals surface area contributed by atoms with Crippen molar-refractivity contribution in [3.63, 3.8) is 0 Å². The van der Waals surface area contributed by atoms with Crippen LogP contribution in [0.2, 0.25) is 0 Å². The van der Waals surface area contributed by atoms with Gasteiger partial charge < -0.3 is 5.32 Å². The summed E-state index contributed by atoms with van der Waals surface area (Å²) in [7, 11) is 0. The summed E-state index contributed by atoms with van der Waals surface area (Å²) in [5.74, 6) is -0.155. The standard InChI is InChI=1S/C15H13N5O/c21-15(18-7-11-3-5-16-6-4-11)12-1-2-14(17-8-12)13-9-19-20-10-13/h1-6,8-10H,7H2,(H,18,21)(H,19,20). The van der Waals surface area contributed by atoms with E-state index in [0.717, 1.165) is 16.8 Å². The number of carbonyl (C=O) groups excluding carboxylic acids is 1. The first-order valence-corrected chi connectivity index (χ1v) is 6.45. The van der Waals surface area contributed by atoms with Crippen LogP contribution in [0.3, 0.4) is 0 Å². The van der Waals surface area contributed by atoms with Crippen LogP contribution in [0.25, 0.3) is 11.3 Å². The Morgan fingerprint density at radius 1 is 1.14 bits per heavy atom. The minimum atomic E-state index is -0.155. The minimum absolute atomic E-state index is 0.155. The minimum Gasteiger partial charge on any atom is -0.348 e. The van der Waals surface area contributed by atoms with Crippen LogP contribution < -0.4 is 5.32 Å². The summed E-state index contributed by atoms with van der Waals surface area (Å²) < 4.78 is 0. The van der Waals surface area contributed by atoms with E-state index >= 15 is 0 Å². The monoisotopic (exact) mass is 279 g/mol. The highest BCUT2D eigenvalue weighted by Crippen LogP contribution is 2.14. The van der Waals surface area contributed by atoms with E-state index in [9.17, 15) is 4.79 Å². The number of carbonyl (C=O) groups is 1. The number of amides is 1. The number of nitrogens with one attached hydrogen (secondary N) is 2. The third kappa shape index (κ3) is 3.11. The van der Waals surface area contributed by atoms with Gasteiger partial charge in [0.05, 0.1) is 17.5 Å². The average Bonchev–Trinajstić information content (AvgIpc) is 3.08. The number of hydrogen-bond donors (Lipinski definition) is 2. The SMILES string of the molecule is O=C(NCc1ccncc1)c1ccc(-c2cn[nH]c2)nc1. The van der Waals surface area contributed by atoms with E-state index in [-0.39, 0.29) is 5.91 Å². The van der Waals surface area contributed by atoms with E-state index in [2.05, 4.69) is 25.5 Å². The van der Waals surface area contributed by atoms with Gasteiger partial charge in [-0.25, -0.2) is 0 Å². The first-order valence-electron chi connectivity index (χ1n) is 6.45. The average molecular weight is 279 g/mol. The maximum absolute atomic E-state index is 12.0. The maximum atomic E-state index is 12.0. The molecule has 0 atom stereocenters. The topological polar surface area (TPSA) is 83.6 Å². The Labute approximate surface area is 121 Å². The summed E-state index contributed by atoms with van der Waals surface area (Å²) in [6, 6.07) is 7.27.